The van der Waals surface area contributed by atoms with Crippen molar-refractivity contribution in [3.63, 3.8) is 0 Å². The molecule has 52 heavy (non-hydrogen) atoms. The summed E-state index contributed by atoms with van der Waals surface area (Å²) in [5, 5.41) is 31.5. The van der Waals surface area contributed by atoms with Gasteiger partial charge in [-0.1, -0.05) is 18.2 Å². The maximum Gasteiger partial charge on any atom is 0.328 e. The van der Waals surface area contributed by atoms with Crippen LogP contribution in [-0.4, -0.2) is 122 Å². The first-order chi connectivity index (χ1) is 24.8. The highest BCUT2D eigenvalue weighted by Crippen LogP contribution is 2.19. The molecule has 19 nitrogen and oxygen atoms in total. The fraction of sp³-hybridized carbons (Fsp3) is 0.438. The summed E-state index contributed by atoms with van der Waals surface area (Å²) < 4.78 is 0. The molecule has 5 atom stereocenters. The number of aromatic amines is 2. The third kappa shape index (κ3) is 12.7. The van der Waals surface area contributed by atoms with E-state index in [1.54, 1.807) is 12.5 Å². The van der Waals surface area contributed by atoms with Gasteiger partial charge in [0.15, 0.2) is 0 Å². The van der Waals surface area contributed by atoms with E-state index in [1.165, 1.54) is 24.3 Å². The Morgan fingerprint density at radius 3 is 2.19 bits per heavy atom. The minimum Gasteiger partial charge on any atom is -0.480 e. The summed E-state index contributed by atoms with van der Waals surface area (Å²) in [6, 6.07) is 1.01. The molecule has 13 N–H and O–H groups in total. The number of thioether (sulfide) groups is 1. The maximum absolute atomic E-state index is 13.5. The number of rotatable bonds is 22. The molecule has 0 aliphatic carbocycles. The van der Waals surface area contributed by atoms with E-state index in [0.29, 0.717) is 11.4 Å². The topological polar surface area (TPSA) is 317 Å². The number of amides is 6. The van der Waals surface area contributed by atoms with Crippen LogP contribution in [0.3, 0.4) is 0 Å². The zero-order valence-electron chi connectivity index (χ0n) is 28.3. The van der Waals surface area contributed by atoms with E-state index in [-0.39, 0.29) is 32.1 Å². The van der Waals surface area contributed by atoms with Crippen LogP contribution in [0.25, 0.3) is 10.9 Å². The Morgan fingerprint density at radius 2 is 1.54 bits per heavy atom. The van der Waals surface area contributed by atoms with Gasteiger partial charge < -0.3 is 58.2 Å². The van der Waals surface area contributed by atoms with Gasteiger partial charge in [-0.25, -0.2) is 9.78 Å². The van der Waals surface area contributed by atoms with Gasteiger partial charge in [-0.2, -0.15) is 11.8 Å². The Balaban J connectivity index is 1.65. The molecule has 0 aliphatic heterocycles. The number of H-pyrrole nitrogens is 2. The standard InChI is InChI=1S/C32H44N10O9S/c1-52-9-8-23(29(47)37-14-27(45)39-24(11-18-13-35-16-38-18)31(49)42-25(15-43)32(50)51)41-30(48)22(6-7-26(34)44)40-28(46)20(33)10-17-12-36-21-5-3-2-4-19(17)21/h2-5,12-13,16,20,22-25,36,43H,6-11,14-15,33H2,1H3,(H2,34,44)(H,35,38)(H,37,47)(H,39,45)(H,40,46)(H,41,48)(H,42,49)(H,50,51)/t20-,22-,23+,24-,25-/m1/s1. The molecule has 0 saturated carbocycles. The molecular formula is C32H44N10O9S. The van der Waals surface area contributed by atoms with Gasteiger partial charge in [0.2, 0.25) is 35.4 Å². The third-order valence-electron chi connectivity index (χ3n) is 7.86. The molecule has 20 heteroatoms. The Labute approximate surface area is 302 Å². The molecule has 0 bridgehead atoms. The highest BCUT2D eigenvalue weighted by atomic mass is 32.2. The average Bonchev–Trinajstić information content (AvgIpc) is 3.79. The van der Waals surface area contributed by atoms with Crippen LogP contribution in [-0.2, 0) is 46.4 Å². The predicted molar refractivity (Wildman–Crippen MR) is 189 cm³/mol. The van der Waals surface area contributed by atoms with Gasteiger partial charge in [-0.15, -0.1) is 0 Å². The number of nitrogens with two attached hydrogens (primary N) is 2. The fourth-order valence-electron chi connectivity index (χ4n) is 5.06. The first-order valence-corrected chi connectivity index (χ1v) is 17.6. The van der Waals surface area contributed by atoms with Crippen molar-refractivity contribution >= 4 is 64.1 Å². The van der Waals surface area contributed by atoms with Gasteiger partial charge in [0, 0.05) is 41.8 Å². The predicted octanol–water partition coefficient (Wildman–Crippen LogP) is -2.85. The van der Waals surface area contributed by atoms with E-state index in [4.69, 9.17) is 11.5 Å². The van der Waals surface area contributed by atoms with Crippen molar-refractivity contribution in [1.29, 1.82) is 0 Å². The summed E-state index contributed by atoms with van der Waals surface area (Å²) in [5.74, 6) is -5.73. The first kappa shape index (κ1) is 41.0. The number of aliphatic carboxylic acids is 1. The molecule has 282 valence electrons. The van der Waals surface area contributed by atoms with Crippen molar-refractivity contribution in [1.82, 2.24) is 41.5 Å². The van der Waals surface area contributed by atoms with E-state index in [1.807, 2.05) is 24.3 Å². The SMILES string of the molecule is CSCC[C@H](NC(=O)[C@@H](CCC(N)=O)NC(=O)[C@H](N)Cc1c[nH]c2ccccc12)C(=O)NCC(=O)N[C@H](Cc1cnc[nH]1)C(=O)N[C@H](CO)C(=O)O. The number of aliphatic hydroxyl groups excluding tert-OH is 1. The van der Waals surface area contributed by atoms with Gasteiger partial charge >= 0.3 is 5.97 Å². The number of primary amides is 1. The lowest BCUT2D eigenvalue weighted by Crippen LogP contribution is -2.57. The van der Waals surface area contributed by atoms with Crippen molar-refractivity contribution < 1.29 is 43.8 Å². The summed E-state index contributed by atoms with van der Waals surface area (Å²) >= 11 is 1.39. The number of benzene rings is 1. The molecule has 0 fully saturated rings. The normalized spacial score (nSPS) is 13.9. The Bertz CT molecular complexity index is 1700. The number of nitrogens with one attached hydrogen (secondary N) is 7. The smallest absolute Gasteiger partial charge is 0.328 e. The summed E-state index contributed by atoms with van der Waals surface area (Å²) in [5.41, 5.74) is 13.6. The molecular weight excluding hydrogens is 700 g/mol. The molecule has 0 radical (unpaired) electrons. The van der Waals surface area contributed by atoms with Crippen molar-refractivity contribution in [3.05, 3.63) is 54.2 Å². The minimum atomic E-state index is -1.62. The number of carbonyl (C=O) groups excluding carboxylic acids is 6. The molecule has 1 aromatic carbocycles. The van der Waals surface area contributed by atoms with Crippen LogP contribution in [0.5, 0.6) is 0 Å². The average molecular weight is 745 g/mol. The molecule has 6 amide bonds. The monoisotopic (exact) mass is 744 g/mol. The van der Waals surface area contributed by atoms with Gasteiger partial charge in [-0.05, 0) is 42.9 Å². The zero-order chi connectivity index (χ0) is 38.2. The number of para-hydroxylation sites is 1. The molecule has 0 unspecified atom stereocenters. The Morgan fingerprint density at radius 1 is 0.865 bits per heavy atom. The molecule has 0 aliphatic rings. The van der Waals surface area contributed by atoms with Crippen LogP contribution in [0.15, 0.2) is 43.0 Å². The summed E-state index contributed by atoms with van der Waals surface area (Å²) in [7, 11) is 0. The fourth-order valence-corrected chi connectivity index (χ4v) is 5.53. The Hall–Kier alpha value is -5.47. The number of hydrogen-bond acceptors (Lipinski definition) is 11. The quantitative estimate of drug-likeness (QED) is 0.0496. The summed E-state index contributed by atoms with van der Waals surface area (Å²) in [4.78, 5) is 98.1. The van der Waals surface area contributed by atoms with E-state index < -0.39 is 84.8 Å². The highest BCUT2D eigenvalue weighted by molar-refractivity contribution is 7.98. The van der Waals surface area contributed by atoms with Gasteiger partial charge in [0.05, 0.1) is 25.5 Å². The van der Waals surface area contributed by atoms with Crippen LogP contribution >= 0.6 is 11.8 Å². The van der Waals surface area contributed by atoms with Crippen molar-refractivity contribution in [2.45, 2.75) is 62.3 Å². The number of hydrogen-bond donors (Lipinski definition) is 11. The van der Waals surface area contributed by atoms with E-state index in [0.717, 1.165) is 16.5 Å². The Kier molecular flexibility index (Phi) is 16.1. The molecule has 0 spiro atoms. The second-order valence-electron chi connectivity index (χ2n) is 11.8. The van der Waals surface area contributed by atoms with Crippen LogP contribution in [0.2, 0.25) is 0 Å². The van der Waals surface area contributed by atoms with Crippen LogP contribution in [0, 0.1) is 0 Å². The van der Waals surface area contributed by atoms with Crippen molar-refractivity contribution in [2.24, 2.45) is 11.5 Å². The molecule has 0 saturated heterocycles. The lowest BCUT2D eigenvalue weighted by Gasteiger charge is -2.24. The summed E-state index contributed by atoms with van der Waals surface area (Å²) in [6.07, 6.45) is 5.97. The van der Waals surface area contributed by atoms with Crippen molar-refractivity contribution in [2.75, 3.05) is 25.2 Å². The summed E-state index contributed by atoms with van der Waals surface area (Å²) in [6.45, 7) is -1.53. The molecule has 2 heterocycles. The number of aliphatic hydroxyl groups is 1. The molecule has 3 aromatic rings. The van der Waals surface area contributed by atoms with Crippen LogP contribution in [0.4, 0.5) is 0 Å². The van der Waals surface area contributed by atoms with Crippen LogP contribution in [0.1, 0.15) is 30.5 Å². The maximum atomic E-state index is 13.5. The minimum absolute atomic E-state index is 0.125. The second kappa shape index (κ2) is 20.4. The number of aromatic nitrogens is 3. The number of fused-ring (bicyclic) bond motifs is 1. The van der Waals surface area contributed by atoms with Crippen LogP contribution < -0.4 is 38.1 Å². The largest absolute Gasteiger partial charge is 0.480 e. The number of carbonyl (C=O) groups is 7. The lowest BCUT2D eigenvalue weighted by atomic mass is 10.0. The van der Waals surface area contributed by atoms with Crippen molar-refractivity contribution in [3.8, 4) is 0 Å². The second-order valence-corrected chi connectivity index (χ2v) is 12.8. The number of carboxylic acids is 1. The van der Waals surface area contributed by atoms with Gasteiger partial charge in [-0.3, -0.25) is 28.8 Å². The molecule has 2 aromatic heterocycles. The number of nitrogens with zero attached hydrogens (tertiary/aromatic N) is 1. The lowest BCUT2D eigenvalue weighted by molar-refractivity contribution is -0.143. The van der Waals surface area contributed by atoms with Gasteiger partial charge in [0.1, 0.15) is 24.2 Å². The van der Waals surface area contributed by atoms with E-state index in [2.05, 4.69) is 41.5 Å². The first-order valence-electron chi connectivity index (χ1n) is 16.2. The highest BCUT2D eigenvalue weighted by Gasteiger charge is 2.30. The third-order valence-corrected chi connectivity index (χ3v) is 8.50. The van der Waals surface area contributed by atoms with Gasteiger partial charge in [0.25, 0.3) is 0 Å². The van der Waals surface area contributed by atoms with E-state index in [9.17, 15) is 43.8 Å². The number of carboxylic acid groups (broad SMARTS) is 1. The zero-order valence-corrected chi connectivity index (χ0v) is 29.2. The molecule has 3 rings (SSSR count). The van der Waals surface area contributed by atoms with E-state index >= 15 is 0 Å². The number of imidazole rings is 1.